The summed E-state index contributed by atoms with van der Waals surface area (Å²) in [4.78, 5) is 16.7. The molecule has 1 aromatic carbocycles. The van der Waals surface area contributed by atoms with Crippen molar-refractivity contribution in [3.63, 3.8) is 0 Å². The van der Waals surface area contributed by atoms with Crippen molar-refractivity contribution in [1.82, 2.24) is 15.6 Å². The number of piperidine rings is 1. The third-order valence-electron chi connectivity index (χ3n) is 4.85. The van der Waals surface area contributed by atoms with Gasteiger partial charge in [0.1, 0.15) is 5.15 Å². The summed E-state index contributed by atoms with van der Waals surface area (Å²) in [6, 6.07) is 9.88. The Morgan fingerprint density at radius 1 is 1.33 bits per heavy atom. The fourth-order valence-corrected chi connectivity index (χ4v) is 3.83. The lowest BCUT2D eigenvalue weighted by atomic mass is 9.84. The molecule has 1 amide bonds. The number of para-hydroxylation sites is 1. The minimum absolute atomic E-state index is 0.0778. The third kappa shape index (κ3) is 2.47. The second-order valence-electron chi connectivity index (χ2n) is 6.32. The van der Waals surface area contributed by atoms with Crippen LogP contribution in [-0.4, -0.2) is 23.5 Å². The molecule has 1 fully saturated rings. The second kappa shape index (κ2) is 5.95. The lowest BCUT2D eigenvalue weighted by Gasteiger charge is -2.33. The Kier molecular flexibility index (Phi) is 3.77. The van der Waals surface area contributed by atoms with Crippen molar-refractivity contribution in [2.45, 2.75) is 12.5 Å². The zero-order valence-corrected chi connectivity index (χ0v) is 13.9. The molecule has 3 atom stereocenters. The summed E-state index contributed by atoms with van der Waals surface area (Å²) in [6.45, 7) is 4.51. The topological polar surface area (TPSA) is 54.0 Å². The average molecular weight is 340 g/mol. The highest BCUT2D eigenvalue weighted by Crippen LogP contribution is 2.34. The van der Waals surface area contributed by atoms with Gasteiger partial charge >= 0.3 is 0 Å². The molecule has 4 nitrogen and oxygen atoms in total. The van der Waals surface area contributed by atoms with Crippen LogP contribution in [0.25, 0.3) is 16.6 Å². The monoisotopic (exact) mass is 339 g/mol. The van der Waals surface area contributed by atoms with Gasteiger partial charge in [-0.05, 0) is 24.6 Å². The zero-order chi connectivity index (χ0) is 16.7. The summed E-state index contributed by atoms with van der Waals surface area (Å²) in [5.74, 6) is 0.257. The first-order chi connectivity index (χ1) is 11.7. The molecule has 3 heterocycles. The highest BCUT2D eigenvalue weighted by molar-refractivity contribution is 6.29. The van der Waals surface area contributed by atoms with Crippen LogP contribution in [0.2, 0.25) is 5.15 Å². The van der Waals surface area contributed by atoms with Crippen LogP contribution >= 0.6 is 11.6 Å². The normalized spacial score (nSPS) is 25.6. The number of amides is 1. The van der Waals surface area contributed by atoms with Crippen LogP contribution in [0.4, 0.5) is 0 Å². The largest absolute Gasteiger partial charge is 0.381 e. The molecule has 0 aliphatic carbocycles. The first-order valence-electron chi connectivity index (χ1n) is 8.10. The van der Waals surface area contributed by atoms with E-state index in [1.165, 1.54) is 0 Å². The van der Waals surface area contributed by atoms with Crippen LogP contribution in [0.15, 0.2) is 49.1 Å². The Labute approximate surface area is 145 Å². The number of hydrogen-bond donors (Lipinski definition) is 2. The van der Waals surface area contributed by atoms with Crippen molar-refractivity contribution in [2.75, 3.05) is 6.54 Å². The van der Waals surface area contributed by atoms with E-state index < -0.39 is 0 Å². The molecular formula is C19H18ClN3O. The van der Waals surface area contributed by atoms with Gasteiger partial charge in [0.25, 0.3) is 0 Å². The molecule has 2 aromatic rings. The number of allylic oxidation sites excluding steroid dienone is 1. The first-order valence-corrected chi connectivity index (χ1v) is 8.48. The Hall–Kier alpha value is -2.33. The lowest BCUT2D eigenvalue weighted by Crippen LogP contribution is -2.52. The predicted octanol–water partition coefficient (Wildman–Crippen LogP) is 3.14. The van der Waals surface area contributed by atoms with Gasteiger partial charge in [-0.2, -0.15) is 0 Å². The van der Waals surface area contributed by atoms with Crippen molar-refractivity contribution >= 4 is 34.1 Å². The summed E-state index contributed by atoms with van der Waals surface area (Å²) in [6.07, 6.45) is 4.81. The summed E-state index contributed by atoms with van der Waals surface area (Å²) in [7, 11) is 0. The van der Waals surface area contributed by atoms with Gasteiger partial charge in [-0.25, -0.2) is 4.98 Å². The van der Waals surface area contributed by atoms with Gasteiger partial charge in [0.2, 0.25) is 5.91 Å². The average Bonchev–Trinajstić information content (AvgIpc) is 3.03. The van der Waals surface area contributed by atoms with E-state index in [0.717, 1.165) is 28.6 Å². The quantitative estimate of drug-likeness (QED) is 0.667. The van der Waals surface area contributed by atoms with E-state index >= 15 is 0 Å². The van der Waals surface area contributed by atoms with Crippen molar-refractivity contribution in [3.8, 4) is 0 Å². The molecule has 5 heteroatoms. The van der Waals surface area contributed by atoms with Crippen LogP contribution < -0.4 is 10.6 Å². The number of nitrogens with zero attached hydrogens (tertiary/aromatic N) is 1. The number of carbonyl (C=O) groups excluding carboxylic acids is 1. The molecule has 0 spiro atoms. The summed E-state index contributed by atoms with van der Waals surface area (Å²) >= 11 is 6.08. The van der Waals surface area contributed by atoms with E-state index in [4.69, 9.17) is 11.6 Å². The Balaban J connectivity index is 1.76. The summed E-state index contributed by atoms with van der Waals surface area (Å²) < 4.78 is 0. The molecule has 1 saturated heterocycles. The molecule has 0 bridgehead atoms. The van der Waals surface area contributed by atoms with Crippen LogP contribution in [0, 0.1) is 11.8 Å². The molecule has 24 heavy (non-hydrogen) atoms. The molecular weight excluding hydrogens is 322 g/mol. The molecule has 122 valence electrons. The van der Waals surface area contributed by atoms with Gasteiger partial charge < -0.3 is 10.6 Å². The van der Waals surface area contributed by atoms with Crippen LogP contribution in [0.5, 0.6) is 0 Å². The van der Waals surface area contributed by atoms with Gasteiger partial charge in [0.05, 0.1) is 11.4 Å². The zero-order valence-electron chi connectivity index (χ0n) is 13.1. The number of benzene rings is 1. The van der Waals surface area contributed by atoms with Gasteiger partial charge in [-0.15, -0.1) is 6.58 Å². The first kappa shape index (κ1) is 15.2. The maximum atomic E-state index is 12.3. The Morgan fingerprint density at radius 2 is 2.21 bits per heavy atom. The Bertz CT molecular complexity index is 861. The summed E-state index contributed by atoms with van der Waals surface area (Å²) in [5, 5.41) is 8.05. The number of carbonyl (C=O) groups is 1. The number of aromatic nitrogens is 1. The number of nitrogens with one attached hydrogen (secondary N) is 2. The molecule has 2 N–H and O–H groups in total. The maximum Gasteiger partial charge on any atom is 0.229 e. The van der Waals surface area contributed by atoms with E-state index in [9.17, 15) is 4.79 Å². The van der Waals surface area contributed by atoms with E-state index in [-0.39, 0.29) is 17.9 Å². The fourth-order valence-electron chi connectivity index (χ4n) is 3.68. The number of rotatable bonds is 3. The van der Waals surface area contributed by atoms with Crippen molar-refractivity contribution in [3.05, 3.63) is 59.8 Å². The van der Waals surface area contributed by atoms with Gasteiger partial charge in [0.15, 0.2) is 0 Å². The molecule has 4 rings (SSSR count). The fraction of sp³-hybridized carbons (Fsp3) is 0.263. The van der Waals surface area contributed by atoms with E-state index in [1.807, 2.05) is 36.4 Å². The molecule has 1 aromatic heterocycles. The lowest BCUT2D eigenvalue weighted by molar-refractivity contribution is -0.126. The summed E-state index contributed by atoms with van der Waals surface area (Å²) in [5.41, 5.74) is 2.79. The van der Waals surface area contributed by atoms with Crippen LogP contribution in [0.3, 0.4) is 0 Å². The van der Waals surface area contributed by atoms with Crippen molar-refractivity contribution < 1.29 is 4.79 Å². The van der Waals surface area contributed by atoms with Gasteiger partial charge in [-0.1, -0.05) is 35.9 Å². The highest BCUT2D eigenvalue weighted by atomic mass is 35.5. The number of hydrogen-bond acceptors (Lipinski definition) is 3. The Morgan fingerprint density at radius 3 is 3.04 bits per heavy atom. The molecule has 2 unspecified atom stereocenters. The smallest absolute Gasteiger partial charge is 0.229 e. The standard InChI is InChI=1S/C19H18ClN3O/c1-2-4-12-10-21-19(24)14-9-15(22-18(12)14)13-6-3-5-11-7-8-16(20)23-17(11)13/h2-3,5-9,12,14,18,22H,1,4,10H2,(H,21,24)/t12-,14?,18?/m1/s1. The van der Waals surface area contributed by atoms with Gasteiger partial charge in [0, 0.05) is 35.2 Å². The third-order valence-corrected chi connectivity index (χ3v) is 5.06. The SMILES string of the molecule is C=CC[C@@H]1CNC(=O)C2C=C(c3cccc4ccc(Cl)nc34)NC21. The van der Waals surface area contributed by atoms with Crippen LogP contribution in [0.1, 0.15) is 12.0 Å². The van der Waals surface area contributed by atoms with E-state index in [2.05, 4.69) is 22.2 Å². The minimum Gasteiger partial charge on any atom is -0.381 e. The van der Waals surface area contributed by atoms with E-state index in [1.54, 1.807) is 6.07 Å². The predicted molar refractivity (Wildman–Crippen MR) is 96.5 cm³/mol. The van der Waals surface area contributed by atoms with Crippen molar-refractivity contribution in [2.24, 2.45) is 11.8 Å². The van der Waals surface area contributed by atoms with Gasteiger partial charge in [-0.3, -0.25) is 4.79 Å². The van der Waals surface area contributed by atoms with E-state index in [0.29, 0.717) is 17.6 Å². The molecule has 2 aliphatic heterocycles. The molecule has 0 saturated carbocycles. The molecule has 0 radical (unpaired) electrons. The maximum absolute atomic E-state index is 12.3. The van der Waals surface area contributed by atoms with Crippen LogP contribution in [-0.2, 0) is 4.79 Å². The highest BCUT2D eigenvalue weighted by Gasteiger charge is 2.41. The number of halogens is 1. The van der Waals surface area contributed by atoms with Crippen molar-refractivity contribution in [1.29, 1.82) is 0 Å². The minimum atomic E-state index is -0.159. The molecule has 2 aliphatic rings. The second-order valence-corrected chi connectivity index (χ2v) is 6.70. The number of pyridine rings is 1. The number of fused-ring (bicyclic) bond motifs is 2.